The van der Waals surface area contributed by atoms with Gasteiger partial charge in [0.15, 0.2) is 0 Å². The van der Waals surface area contributed by atoms with Gasteiger partial charge < -0.3 is 14.8 Å². The van der Waals surface area contributed by atoms with Crippen LogP contribution in [0.2, 0.25) is 0 Å². The number of methoxy groups -OCH3 is 1. The number of unbranched alkanes of at least 4 members (excludes halogenated alkanes) is 3. The zero-order valence-corrected chi connectivity index (χ0v) is 16.1. The average molecular weight is 354 g/mol. The smallest absolute Gasteiger partial charge is 0.407 e. The number of nitrogens with one attached hydrogen (secondary N) is 1. The molecule has 0 aliphatic carbocycles. The summed E-state index contributed by atoms with van der Waals surface area (Å²) in [7, 11) is 1.37. The molecule has 144 valence electrons. The summed E-state index contributed by atoms with van der Waals surface area (Å²) in [5.74, 6) is 0.379. The Hall–Kier alpha value is -1.78. The minimum atomic E-state index is -0.411. The Morgan fingerprint density at radius 3 is 2.64 bits per heavy atom. The van der Waals surface area contributed by atoms with Crippen LogP contribution in [0.4, 0.5) is 4.79 Å². The second-order valence-corrected chi connectivity index (χ2v) is 6.17. The van der Waals surface area contributed by atoms with Crippen molar-refractivity contribution in [1.82, 2.24) is 5.32 Å². The molecular formula is C20H35NO4. The van der Waals surface area contributed by atoms with Crippen LogP contribution >= 0.6 is 0 Å². The SMILES string of the molecule is CCCCC[C@H](C)/C=C/C=C\CCNC(=O)OCCCCC(=O)OC. The van der Waals surface area contributed by atoms with Crippen molar-refractivity contribution in [1.29, 1.82) is 0 Å². The highest BCUT2D eigenvalue weighted by Gasteiger charge is 2.02. The molecule has 0 aromatic heterocycles. The van der Waals surface area contributed by atoms with Crippen molar-refractivity contribution in [2.24, 2.45) is 5.92 Å². The van der Waals surface area contributed by atoms with E-state index < -0.39 is 6.09 Å². The summed E-state index contributed by atoms with van der Waals surface area (Å²) in [6.07, 6.45) is 15.5. The molecule has 0 aliphatic heterocycles. The Labute approximate surface area is 152 Å². The lowest BCUT2D eigenvalue weighted by Gasteiger charge is -2.05. The average Bonchev–Trinajstić information content (AvgIpc) is 2.60. The van der Waals surface area contributed by atoms with Gasteiger partial charge in [0.25, 0.3) is 0 Å². The van der Waals surface area contributed by atoms with Gasteiger partial charge in [0.1, 0.15) is 0 Å². The standard InChI is InChI=1S/C20H35NO4/c1-4-5-8-13-18(2)14-9-6-7-11-16-21-20(23)25-17-12-10-15-19(22)24-3/h6-7,9,14,18H,4-5,8,10-13,15-17H2,1-3H3,(H,21,23)/b7-6-,14-9+/t18-/m0/s1. The van der Waals surface area contributed by atoms with Crippen molar-refractivity contribution in [3.63, 3.8) is 0 Å². The molecule has 5 nitrogen and oxygen atoms in total. The highest BCUT2D eigenvalue weighted by atomic mass is 16.5. The molecule has 0 radical (unpaired) electrons. The van der Waals surface area contributed by atoms with Crippen LogP contribution in [0, 0.1) is 5.92 Å². The van der Waals surface area contributed by atoms with Gasteiger partial charge in [-0.2, -0.15) is 0 Å². The van der Waals surface area contributed by atoms with Gasteiger partial charge in [-0.3, -0.25) is 4.79 Å². The zero-order valence-electron chi connectivity index (χ0n) is 16.1. The fourth-order valence-corrected chi connectivity index (χ4v) is 2.19. The first-order chi connectivity index (χ1) is 12.1. The summed E-state index contributed by atoms with van der Waals surface area (Å²) >= 11 is 0. The van der Waals surface area contributed by atoms with Gasteiger partial charge in [0.05, 0.1) is 13.7 Å². The van der Waals surface area contributed by atoms with Gasteiger partial charge in [-0.25, -0.2) is 4.79 Å². The summed E-state index contributed by atoms with van der Waals surface area (Å²) in [4.78, 5) is 22.3. The van der Waals surface area contributed by atoms with E-state index in [9.17, 15) is 9.59 Å². The van der Waals surface area contributed by atoms with E-state index in [4.69, 9.17) is 4.74 Å². The summed E-state index contributed by atoms with van der Waals surface area (Å²) in [5.41, 5.74) is 0. The molecule has 0 rings (SSSR count). The van der Waals surface area contributed by atoms with Crippen LogP contribution in [-0.4, -0.2) is 32.3 Å². The van der Waals surface area contributed by atoms with Crippen LogP contribution in [-0.2, 0) is 14.3 Å². The summed E-state index contributed by atoms with van der Waals surface area (Å²) in [6, 6.07) is 0. The minimum Gasteiger partial charge on any atom is -0.469 e. The number of hydrogen-bond acceptors (Lipinski definition) is 4. The maximum Gasteiger partial charge on any atom is 0.407 e. The lowest BCUT2D eigenvalue weighted by Crippen LogP contribution is -2.25. The second-order valence-electron chi connectivity index (χ2n) is 6.17. The molecule has 0 aromatic rings. The van der Waals surface area contributed by atoms with E-state index in [-0.39, 0.29) is 5.97 Å². The Morgan fingerprint density at radius 2 is 1.92 bits per heavy atom. The highest BCUT2D eigenvalue weighted by molar-refractivity contribution is 5.69. The number of carbonyl (C=O) groups excluding carboxylic acids is 2. The highest BCUT2D eigenvalue weighted by Crippen LogP contribution is 2.10. The van der Waals surface area contributed by atoms with Gasteiger partial charge in [0, 0.05) is 13.0 Å². The summed E-state index contributed by atoms with van der Waals surface area (Å²) in [6.45, 7) is 5.33. The molecule has 0 aliphatic rings. The lowest BCUT2D eigenvalue weighted by molar-refractivity contribution is -0.140. The lowest BCUT2D eigenvalue weighted by atomic mass is 10.0. The van der Waals surface area contributed by atoms with Gasteiger partial charge in [0.2, 0.25) is 0 Å². The van der Waals surface area contributed by atoms with Crippen molar-refractivity contribution in [2.75, 3.05) is 20.3 Å². The number of hydrogen-bond donors (Lipinski definition) is 1. The Balaban J connectivity index is 3.53. The molecule has 25 heavy (non-hydrogen) atoms. The molecular weight excluding hydrogens is 318 g/mol. The van der Waals surface area contributed by atoms with Crippen LogP contribution in [0.5, 0.6) is 0 Å². The van der Waals surface area contributed by atoms with Crippen molar-refractivity contribution in [3.05, 3.63) is 24.3 Å². The first-order valence-electron chi connectivity index (χ1n) is 9.40. The van der Waals surface area contributed by atoms with Crippen molar-refractivity contribution >= 4 is 12.1 Å². The Morgan fingerprint density at radius 1 is 1.12 bits per heavy atom. The second kappa shape index (κ2) is 17.1. The minimum absolute atomic E-state index is 0.236. The van der Waals surface area contributed by atoms with E-state index in [0.717, 1.165) is 6.42 Å². The maximum atomic E-state index is 11.4. The van der Waals surface area contributed by atoms with Gasteiger partial charge in [-0.05, 0) is 31.6 Å². The molecule has 0 spiro atoms. The number of alkyl carbamates (subject to hydrolysis) is 1. The molecule has 0 unspecified atom stereocenters. The van der Waals surface area contributed by atoms with Crippen LogP contribution in [0.1, 0.15) is 65.2 Å². The Kier molecular flexibility index (Phi) is 15.8. The van der Waals surface area contributed by atoms with Gasteiger partial charge >= 0.3 is 12.1 Å². The quantitative estimate of drug-likeness (QED) is 0.277. The van der Waals surface area contributed by atoms with Gasteiger partial charge in [-0.15, -0.1) is 0 Å². The van der Waals surface area contributed by atoms with Crippen molar-refractivity contribution in [2.45, 2.75) is 65.2 Å². The molecule has 0 saturated carbocycles. The molecule has 0 fully saturated rings. The third-order valence-electron chi connectivity index (χ3n) is 3.77. The summed E-state index contributed by atoms with van der Waals surface area (Å²) in [5, 5.41) is 2.70. The van der Waals surface area contributed by atoms with Crippen molar-refractivity contribution < 1.29 is 19.1 Å². The fourth-order valence-electron chi connectivity index (χ4n) is 2.19. The van der Waals surface area contributed by atoms with E-state index in [1.54, 1.807) is 0 Å². The van der Waals surface area contributed by atoms with E-state index in [1.165, 1.54) is 32.8 Å². The molecule has 1 amide bonds. The predicted molar refractivity (Wildman–Crippen MR) is 101 cm³/mol. The summed E-state index contributed by atoms with van der Waals surface area (Å²) < 4.78 is 9.56. The van der Waals surface area contributed by atoms with Crippen LogP contribution < -0.4 is 5.32 Å². The molecule has 1 atom stereocenters. The zero-order chi connectivity index (χ0) is 18.8. The van der Waals surface area contributed by atoms with E-state index in [2.05, 4.69) is 36.1 Å². The number of carbonyl (C=O) groups is 2. The van der Waals surface area contributed by atoms with Crippen LogP contribution in [0.25, 0.3) is 0 Å². The van der Waals surface area contributed by atoms with Crippen LogP contribution in [0.15, 0.2) is 24.3 Å². The molecule has 0 bridgehead atoms. The first kappa shape index (κ1) is 23.2. The molecule has 5 heteroatoms. The van der Waals surface area contributed by atoms with E-state index >= 15 is 0 Å². The maximum absolute atomic E-state index is 11.4. The largest absolute Gasteiger partial charge is 0.469 e. The third-order valence-corrected chi connectivity index (χ3v) is 3.77. The van der Waals surface area contributed by atoms with Crippen LogP contribution in [0.3, 0.4) is 0 Å². The fraction of sp³-hybridized carbons (Fsp3) is 0.700. The molecule has 0 aromatic carbocycles. The topological polar surface area (TPSA) is 64.6 Å². The molecule has 0 saturated heterocycles. The van der Waals surface area contributed by atoms with E-state index in [0.29, 0.717) is 38.3 Å². The number of rotatable bonds is 14. The molecule has 1 N–H and O–H groups in total. The van der Waals surface area contributed by atoms with E-state index in [1.807, 2.05) is 12.2 Å². The molecule has 0 heterocycles. The Bertz CT molecular complexity index is 405. The van der Waals surface area contributed by atoms with Gasteiger partial charge in [-0.1, -0.05) is 57.4 Å². The predicted octanol–water partition coefficient (Wildman–Crippen LogP) is 4.77. The number of ether oxygens (including phenoxy) is 2. The number of esters is 1. The third kappa shape index (κ3) is 16.8. The monoisotopic (exact) mass is 353 g/mol. The van der Waals surface area contributed by atoms with Crippen molar-refractivity contribution in [3.8, 4) is 0 Å². The first-order valence-corrected chi connectivity index (χ1v) is 9.40. The number of amides is 1. The number of allylic oxidation sites excluding steroid dienone is 3. The normalized spacial score (nSPS) is 12.4.